The van der Waals surface area contributed by atoms with Crippen LogP contribution in [0.3, 0.4) is 0 Å². The minimum atomic E-state index is -4.85. The number of alkyl halides is 3. The first-order valence-electron chi connectivity index (χ1n) is 5.27. The van der Waals surface area contributed by atoms with E-state index in [-0.39, 0.29) is 11.6 Å². The zero-order chi connectivity index (χ0) is 14.9. The van der Waals surface area contributed by atoms with Crippen molar-refractivity contribution in [3.8, 4) is 11.6 Å². The van der Waals surface area contributed by atoms with Crippen LogP contribution >= 0.6 is 0 Å². The first kappa shape index (κ1) is 13.8. The van der Waals surface area contributed by atoms with E-state index in [1.54, 1.807) is 4.98 Å². The van der Waals surface area contributed by atoms with E-state index in [9.17, 15) is 22.8 Å². The van der Waals surface area contributed by atoms with Crippen LogP contribution in [-0.2, 0) is 6.18 Å². The Kier molecular flexibility index (Phi) is 3.35. The van der Waals surface area contributed by atoms with Crippen LogP contribution in [0.25, 0.3) is 5.69 Å². The van der Waals surface area contributed by atoms with Crippen LogP contribution in [0.5, 0.6) is 5.88 Å². The second-order valence-corrected chi connectivity index (χ2v) is 3.72. The first-order chi connectivity index (χ1) is 9.32. The van der Waals surface area contributed by atoms with Crippen molar-refractivity contribution in [1.29, 1.82) is 0 Å². The molecular weight excluding hydrogens is 279 g/mol. The normalized spacial score (nSPS) is 11.4. The van der Waals surface area contributed by atoms with Gasteiger partial charge >= 0.3 is 11.9 Å². The monoisotopic (exact) mass is 287 g/mol. The van der Waals surface area contributed by atoms with Crippen LogP contribution in [0, 0.1) is 0 Å². The van der Waals surface area contributed by atoms with Gasteiger partial charge in [0, 0.05) is 12.1 Å². The summed E-state index contributed by atoms with van der Waals surface area (Å²) in [5.41, 5.74) is -3.84. The number of rotatable bonds is 2. The lowest BCUT2D eigenvalue weighted by Gasteiger charge is -2.14. The van der Waals surface area contributed by atoms with Crippen LogP contribution in [0.2, 0.25) is 0 Å². The summed E-state index contributed by atoms with van der Waals surface area (Å²) in [6.07, 6.45) is -3.82. The average molecular weight is 287 g/mol. The predicted molar refractivity (Wildman–Crippen MR) is 62.0 cm³/mol. The van der Waals surface area contributed by atoms with E-state index in [0.29, 0.717) is 10.6 Å². The molecule has 0 saturated heterocycles. The number of pyridine rings is 1. The Morgan fingerprint density at radius 2 is 2.00 bits per heavy atom. The topological polar surface area (TPSA) is 77.0 Å². The third-order valence-electron chi connectivity index (χ3n) is 2.42. The van der Waals surface area contributed by atoms with E-state index >= 15 is 0 Å². The summed E-state index contributed by atoms with van der Waals surface area (Å²) in [7, 11) is 1.34. The van der Waals surface area contributed by atoms with Gasteiger partial charge in [-0.25, -0.2) is 9.78 Å². The molecule has 2 rings (SSSR count). The largest absolute Gasteiger partial charge is 0.481 e. The maximum Gasteiger partial charge on any atom is 0.432 e. The third-order valence-corrected chi connectivity index (χ3v) is 2.42. The highest BCUT2D eigenvalue weighted by Crippen LogP contribution is 2.28. The number of aromatic amines is 1. The van der Waals surface area contributed by atoms with Crippen molar-refractivity contribution in [2.24, 2.45) is 0 Å². The lowest BCUT2D eigenvalue weighted by Crippen LogP contribution is -2.34. The summed E-state index contributed by atoms with van der Waals surface area (Å²) >= 11 is 0. The minimum Gasteiger partial charge on any atom is -0.481 e. The molecule has 0 fully saturated rings. The summed E-state index contributed by atoms with van der Waals surface area (Å²) in [5, 5.41) is 0. The number of halogens is 3. The molecule has 20 heavy (non-hydrogen) atoms. The maximum atomic E-state index is 12.9. The van der Waals surface area contributed by atoms with E-state index in [4.69, 9.17) is 4.74 Å². The molecule has 0 atom stereocenters. The second-order valence-electron chi connectivity index (χ2n) is 3.72. The number of methoxy groups -OCH3 is 1. The highest BCUT2D eigenvalue weighted by atomic mass is 19.4. The molecule has 0 unspecified atom stereocenters. The summed E-state index contributed by atoms with van der Waals surface area (Å²) < 4.78 is 43.7. The molecule has 106 valence electrons. The number of nitrogens with one attached hydrogen (secondary N) is 1. The smallest absolute Gasteiger partial charge is 0.432 e. The van der Waals surface area contributed by atoms with Crippen LogP contribution in [-0.4, -0.2) is 21.6 Å². The molecule has 0 aliphatic heterocycles. The molecular formula is C11H8F3N3O3. The SMILES string of the molecule is COc1ccc(-n2c(C(F)(F)F)cc(=O)[nH]c2=O)cn1. The van der Waals surface area contributed by atoms with Crippen molar-refractivity contribution < 1.29 is 17.9 Å². The molecule has 0 aliphatic rings. The van der Waals surface area contributed by atoms with Crippen molar-refractivity contribution in [1.82, 2.24) is 14.5 Å². The molecule has 0 aliphatic carbocycles. The molecule has 2 heterocycles. The average Bonchev–Trinajstić information content (AvgIpc) is 2.37. The van der Waals surface area contributed by atoms with Crippen molar-refractivity contribution in [2.45, 2.75) is 6.18 Å². The van der Waals surface area contributed by atoms with E-state index in [0.717, 1.165) is 6.20 Å². The fourth-order valence-electron chi connectivity index (χ4n) is 1.59. The number of hydrogen-bond donors (Lipinski definition) is 1. The molecule has 2 aromatic rings. The Morgan fingerprint density at radius 3 is 2.50 bits per heavy atom. The lowest BCUT2D eigenvalue weighted by molar-refractivity contribution is -0.143. The van der Waals surface area contributed by atoms with Gasteiger partial charge in [0.15, 0.2) is 0 Å². The third kappa shape index (κ3) is 2.56. The van der Waals surface area contributed by atoms with Gasteiger partial charge in [0.25, 0.3) is 5.56 Å². The second kappa shape index (κ2) is 4.83. The molecule has 0 amide bonds. The van der Waals surface area contributed by atoms with Gasteiger partial charge in [0.1, 0.15) is 5.69 Å². The zero-order valence-corrected chi connectivity index (χ0v) is 10.1. The fourth-order valence-corrected chi connectivity index (χ4v) is 1.59. The number of H-pyrrole nitrogens is 1. The maximum absolute atomic E-state index is 12.9. The molecule has 0 spiro atoms. The highest BCUT2D eigenvalue weighted by molar-refractivity contribution is 5.33. The minimum absolute atomic E-state index is 0.139. The van der Waals surface area contributed by atoms with Crippen LogP contribution in [0.1, 0.15) is 5.69 Å². The van der Waals surface area contributed by atoms with Gasteiger partial charge in [-0.3, -0.25) is 14.3 Å². The Balaban J connectivity index is 2.72. The van der Waals surface area contributed by atoms with Crippen molar-refractivity contribution in [3.05, 3.63) is 50.9 Å². The zero-order valence-electron chi connectivity index (χ0n) is 10.1. The number of ether oxygens (including phenoxy) is 1. The highest BCUT2D eigenvalue weighted by Gasteiger charge is 2.35. The number of hydrogen-bond acceptors (Lipinski definition) is 4. The van der Waals surface area contributed by atoms with E-state index in [1.807, 2.05) is 0 Å². The van der Waals surface area contributed by atoms with E-state index < -0.39 is 23.1 Å². The van der Waals surface area contributed by atoms with E-state index in [2.05, 4.69) is 4.98 Å². The standard InChI is InChI=1S/C11H8F3N3O3/c1-20-9-3-2-6(5-15-9)17-7(11(12,13)14)4-8(18)16-10(17)19/h2-5H,1H3,(H,16,18,19). The summed E-state index contributed by atoms with van der Waals surface area (Å²) in [6, 6.07) is 2.83. The molecule has 6 nitrogen and oxygen atoms in total. The Labute approximate surface area is 109 Å². The van der Waals surface area contributed by atoms with Crippen molar-refractivity contribution >= 4 is 0 Å². The molecule has 0 radical (unpaired) electrons. The van der Waals surface area contributed by atoms with Gasteiger partial charge in [0.2, 0.25) is 5.88 Å². The Morgan fingerprint density at radius 1 is 1.30 bits per heavy atom. The van der Waals surface area contributed by atoms with Gasteiger partial charge in [-0.2, -0.15) is 13.2 Å². The van der Waals surface area contributed by atoms with Gasteiger partial charge in [-0.15, -0.1) is 0 Å². The van der Waals surface area contributed by atoms with Gasteiger partial charge in [0.05, 0.1) is 19.0 Å². The van der Waals surface area contributed by atoms with Gasteiger partial charge in [-0.1, -0.05) is 0 Å². The van der Waals surface area contributed by atoms with E-state index in [1.165, 1.54) is 19.2 Å². The Bertz CT molecular complexity index is 732. The summed E-state index contributed by atoms with van der Waals surface area (Å²) in [5.74, 6) is 0.180. The summed E-state index contributed by atoms with van der Waals surface area (Å²) in [6.45, 7) is 0. The quantitative estimate of drug-likeness (QED) is 0.892. The van der Waals surface area contributed by atoms with Crippen LogP contribution < -0.4 is 16.0 Å². The Hall–Kier alpha value is -2.58. The predicted octanol–water partition coefficient (Wildman–Crippen LogP) is 0.948. The molecule has 0 bridgehead atoms. The fraction of sp³-hybridized carbons (Fsp3) is 0.182. The first-order valence-corrected chi connectivity index (χ1v) is 5.27. The number of aromatic nitrogens is 3. The van der Waals surface area contributed by atoms with Gasteiger partial charge < -0.3 is 4.74 Å². The molecule has 0 saturated carbocycles. The molecule has 9 heteroatoms. The van der Waals surface area contributed by atoms with Crippen molar-refractivity contribution in [2.75, 3.05) is 7.11 Å². The van der Waals surface area contributed by atoms with Gasteiger partial charge in [-0.05, 0) is 6.07 Å². The lowest BCUT2D eigenvalue weighted by atomic mass is 10.3. The summed E-state index contributed by atoms with van der Waals surface area (Å²) in [4.78, 5) is 28.1. The number of nitrogens with zero attached hydrogens (tertiary/aromatic N) is 2. The van der Waals surface area contributed by atoms with Crippen LogP contribution in [0.4, 0.5) is 13.2 Å². The van der Waals surface area contributed by atoms with Crippen molar-refractivity contribution in [3.63, 3.8) is 0 Å². The molecule has 1 N–H and O–H groups in total. The molecule has 2 aromatic heterocycles. The van der Waals surface area contributed by atoms with Crippen LogP contribution in [0.15, 0.2) is 34.0 Å². The molecule has 0 aromatic carbocycles.